The predicted octanol–water partition coefficient (Wildman–Crippen LogP) is -7.51. The summed E-state index contributed by atoms with van der Waals surface area (Å²) in [6.45, 7) is 3.16. The van der Waals surface area contributed by atoms with Crippen LogP contribution in [0.2, 0.25) is 0 Å². The van der Waals surface area contributed by atoms with Gasteiger partial charge in [0.25, 0.3) is 0 Å². The first kappa shape index (κ1) is 25.3. The molecule has 11 heavy (non-hydrogen) atoms. The van der Waals surface area contributed by atoms with Gasteiger partial charge in [0, 0.05) is 0 Å². The molecule has 0 N–H and O–H groups in total. The quantitative estimate of drug-likeness (QED) is 0.348. The summed E-state index contributed by atoms with van der Waals surface area (Å²) >= 11 is 0. The van der Waals surface area contributed by atoms with E-state index in [0.29, 0.717) is 0 Å². The van der Waals surface area contributed by atoms with Crippen LogP contribution in [0.5, 0.6) is 0 Å². The standard InChI is InChI=1S/C7H14O.3Rb/c1-2-3-4-5-6-7-8;;;/h7H,2-6H2,1H3;;;/q-2;3*+1. The number of hydrogen-bond donors (Lipinski definition) is 0. The fraction of sp³-hybridized carbons (Fsp3) is 0.857. The number of unbranched alkanes of at least 4 members (excludes halogenated alkanes) is 4. The van der Waals surface area contributed by atoms with Crippen LogP contribution in [-0.4, -0.2) is 0 Å². The maximum absolute atomic E-state index is 9.77. The van der Waals surface area contributed by atoms with Crippen molar-refractivity contribution in [3.05, 3.63) is 6.61 Å². The minimum atomic E-state index is 0. The first-order valence-corrected chi connectivity index (χ1v) is 3.35. The molecule has 0 saturated carbocycles. The van der Waals surface area contributed by atoms with Gasteiger partial charge in [-0.2, -0.15) is 0 Å². The number of rotatable bonds is 5. The van der Waals surface area contributed by atoms with E-state index in [0.717, 1.165) is 19.4 Å². The molecule has 0 heterocycles. The van der Waals surface area contributed by atoms with Crippen molar-refractivity contribution in [2.24, 2.45) is 0 Å². The first-order chi connectivity index (χ1) is 3.91. The summed E-state index contributed by atoms with van der Waals surface area (Å²) < 4.78 is 0. The molecule has 0 aliphatic rings. The predicted molar refractivity (Wildman–Crippen MR) is 33.1 cm³/mol. The SMILES string of the molecule is CCCCCC[CH-][O-].[Rb+].[Rb+].[Rb+]. The zero-order valence-corrected chi connectivity index (χ0v) is 23.3. The Labute approximate surface area is 218 Å². The second-order valence-corrected chi connectivity index (χ2v) is 2.02. The van der Waals surface area contributed by atoms with Crippen LogP contribution in [0.25, 0.3) is 0 Å². The molecule has 0 atom stereocenters. The van der Waals surface area contributed by atoms with Gasteiger partial charge < -0.3 is 11.7 Å². The fourth-order valence-electron chi connectivity index (χ4n) is 0.654. The molecular formula is C7H14ORb3+. The van der Waals surface area contributed by atoms with Crippen molar-refractivity contribution in [1.82, 2.24) is 0 Å². The van der Waals surface area contributed by atoms with Crippen LogP contribution in [-0.2, 0) is 0 Å². The molecule has 0 aromatic carbocycles. The minimum absolute atomic E-state index is 0. The van der Waals surface area contributed by atoms with E-state index < -0.39 is 0 Å². The molecule has 1 nitrogen and oxygen atoms in total. The third-order valence-electron chi connectivity index (χ3n) is 1.18. The molecule has 0 radical (unpaired) electrons. The Morgan fingerprint density at radius 2 is 1.55 bits per heavy atom. The van der Waals surface area contributed by atoms with E-state index in [1.165, 1.54) is 19.3 Å². The molecule has 0 rings (SSSR count). The van der Waals surface area contributed by atoms with Crippen molar-refractivity contribution in [3.63, 3.8) is 0 Å². The van der Waals surface area contributed by atoms with Crippen molar-refractivity contribution in [2.75, 3.05) is 0 Å². The monoisotopic (exact) mass is 369 g/mol. The van der Waals surface area contributed by atoms with Gasteiger partial charge in [-0.15, -0.1) is 0 Å². The normalized spacial score (nSPS) is 7.09. The molecule has 0 aromatic rings. The Morgan fingerprint density at radius 3 is 1.91 bits per heavy atom. The zero-order valence-electron chi connectivity index (χ0n) is 8.52. The Bertz CT molecular complexity index is 38.7. The Kier molecular flexibility index (Phi) is 56.4. The van der Waals surface area contributed by atoms with Crippen molar-refractivity contribution in [3.8, 4) is 0 Å². The van der Waals surface area contributed by atoms with Crippen LogP contribution in [0.15, 0.2) is 0 Å². The van der Waals surface area contributed by atoms with Crippen molar-refractivity contribution < 1.29 is 180 Å². The molecule has 0 aromatic heterocycles. The summed E-state index contributed by atoms with van der Waals surface area (Å²) in [5.41, 5.74) is 0. The van der Waals surface area contributed by atoms with E-state index in [1.807, 2.05) is 0 Å². The van der Waals surface area contributed by atoms with Gasteiger partial charge in [0.1, 0.15) is 0 Å². The maximum atomic E-state index is 9.77. The van der Waals surface area contributed by atoms with Crippen LogP contribution in [0.1, 0.15) is 39.0 Å². The van der Waals surface area contributed by atoms with Gasteiger partial charge in [-0.1, -0.05) is 32.6 Å². The summed E-state index contributed by atoms with van der Waals surface area (Å²) in [6, 6.07) is 0. The van der Waals surface area contributed by atoms with Crippen LogP contribution in [0.3, 0.4) is 0 Å². The van der Waals surface area contributed by atoms with Crippen LogP contribution >= 0.6 is 0 Å². The van der Waals surface area contributed by atoms with Crippen molar-refractivity contribution in [1.29, 1.82) is 0 Å². The average molecular weight is 371 g/mol. The molecule has 0 saturated heterocycles. The van der Waals surface area contributed by atoms with E-state index >= 15 is 0 Å². The van der Waals surface area contributed by atoms with E-state index in [1.54, 1.807) is 0 Å². The molecular weight excluding hydrogens is 356 g/mol. The molecule has 0 bridgehead atoms. The number of hydrogen-bond acceptors (Lipinski definition) is 1. The molecule has 0 fully saturated rings. The van der Waals surface area contributed by atoms with Gasteiger partial charge >= 0.3 is 175 Å². The van der Waals surface area contributed by atoms with Crippen LogP contribution in [0.4, 0.5) is 0 Å². The molecule has 0 amide bonds. The molecule has 4 heteroatoms. The van der Waals surface area contributed by atoms with E-state index in [2.05, 4.69) is 6.92 Å². The van der Waals surface area contributed by atoms with Crippen molar-refractivity contribution >= 4 is 0 Å². The van der Waals surface area contributed by atoms with Gasteiger partial charge in [0.15, 0.2) is 0 Å². The topological polar surface area (TPSA) is 23.1 Å². The Balaban J connectivity index is -0.0000000817. The van der Waals surface area contributed by atoms with E-state index in [4.69, 9.17) is 0 Å². The average Bonchev–Trinajstić information content (AvgIpc) is 1.81. The maximum Gasteiger partial charge on any atom is 1.00 e. The Morgan fingerprint density at radius 1 is 1.00 bits per heavy atom. The van der Waals surface area contributed by atoms with E-state index in [-0.39, 0.29) is 175 Å². The fourth-order valence-corrected chi connectivity index (χ4v) is 0.654. The zero-order chi connectivity index (χ0) is 6.24. The van der Waals surface area contributed by atoms with Crippen LogP contribution < -0.4 is 180 Å². The third-order valence-corrected chi connectivity index (χ3v) is 1.18. The van der Waals surface area contributed by atoms with E-state index in [9.17, 15) is 5.11 Å². The molecule has 0 spiro atoms. The molecule has 0 aliphatic carbocycles. The summed E-state index contributed by atoms with van der Waals surface area (Å²) in [6.07, 6.45) is 5.57. The van der Waals surface area contributed by atoms with Gasteiger partial charge in [-0.3, -0.25) is 0 Å². The summed E-state index contributed by atoms with van der Waals surface area (Å²) in [5, 5.41) is 9.77. The summed E-state index contributed by atoms with van der Waals surface area (Å²) in [5.74, 6) is 0. The largest absolute Gasteiger partial charge is 1.03 e. The second kappa shape index (κ2) is 24.6. The minimum Gasteiger partial charge on any atom is -1.03 e. The smallest absolute Gasteiger partial charge is 1.00 e. The van der Waals surface area contributed by atoms with Gasteiger partial charge in [0.2, 0.25) is 0 Å². The Hall–Kier alpha value is 5.38. The third kappa shape index (κ3) is 25.6. The molecule has 0 unspecified atom stereocenters. The summed E-state index contributed by atoms with van der Waals surface area (Å²) in [7, 11) is 0. The van der Waals surface area contributed by atoms with Gasteiger partial charge in [-0.25, -0.2) is 6.42 Å². The van der Waals surface area contributed by atoms with Crippen molar-refractivity contribution in [2.45, 2.75) is 39.0 Å². The molecule has 50 valence electrons. The van der Waals surface area contributed by atoms with Gasteiger partial charge in [-0.05, 0) is 0 Å². The van der Waals surface area contributed by atoms with Gasteiger partial charge in [0.05, 0.1) is 0 Å². The second-order valence-electron chi connectivity index (χ2n) is 2.02. The molecule has 0 aliphatic heterocycles. The summed E-state index contributed by atoms with van der Waals surface area (Å²) in [4.78, 5) is 0. The first-order valence-electron chi connectivity index (χ1n) is 3.35. The van der Waals surface area contributed by atoms with Crippen LogP contribution in [0, 0.1) is 6.61 Å².